The lowest BCUT2D eigenvalue weighted by Crippen LogP contribution is -2.15. The topological polar surface area (TPSA) is 69.4 Å². The van der Waals surface area contributed by atoms with E-state index in [0.717, 1.165) is 0 Å². The molecule has 1 aromatic carbocycles. The highest BCUT2D eigenvalue weighted by atomic mass is 35.5. The molecular formula is C11H14ClNO3S2. The Bertz CT molecular complexity index is 543. The van der Waals surface area contributed by atoms with Crippen molar-refractivity contribution in [1.82, 2.24) is 0 Å². The van der Waals surface area contributed by atoms with Gasteiger partial charge in [0.1, 0.15) is 17.3 Å². The monoisotopic (exact) mass is 307 g/mol. The van der Waals surface area contributed by atoms with Crippen molar-refractivity contribution in [3.63, 3.8) is 0 Å². The SMILES string of the molecule is CCS(=O)(=O)CCOc1ccc(C(N)=S)c(Cl)c1. The van der Waals surface area contributed by atoms with Crippen LogP contribution in [0.4, 0.5) is 0 Å². The number of halogens is 1. The first-order valence-electron chi connectivity index (χ1n) is 5.28. The first kappa shape index (κ1) is 15.2. The van der Waals surface area contributed by atoms with E-state index in [1.807, 2.05) is 0 Å². The maximum atomic E-state index is 11.3. The number of ether oxygens (including phenoxy) is 1. The van der Waals surface area contributed by atoms with Gasteiger partial charge in [-0.2, -0.15) is 0 Å². The third kappa shape index (κ3) is 4.44. The Labute approximate surface area is 117 Å². The molecule has 1 rings (SSSR count). The van der Waals surface area contributed by atoms with Gasteiger partial charge in [0.25, 0.3) is 0 Å². The molecule has 100 valence electrons. The van der Waals surface area contributed by atoms with Crippen molar-refractivity contribution in [2.24, 2.45) is 5.73 Å². The third-order valence-electron chi connectivity index (χ3n) is 2.31. The Balaban J connectivity index is 2.65. The lowest BCUT2D eigenvalue weighted by Gasteiger charge is -2.08. The molecule has 0 atom stereocenters. The van der Waals surface area contributed by atoms with E-state index in [4.69, 9.17) is 34.3 Å². The fourth-order valence-electron chi connectivity index (χ4n) is 1.22. The van der Waals surface area contributed by atoms with Crippen LogP contribution in [0.15, 0.2) is 18.2 Å². The van der Waals surface area contributed by atoms with E-state index in [2.05, 4.69) is 0 Å². The quantitative estimate of drug-likeness (QED) is 0.811. The highest BCUT2D eigenvalue weighted by Crippen LogP contribution is 2.22. The first-order chi connectivity index (χ1) is 8.35. The summed E-state index contributed by atoms with van der Waals surface area (Å²) in [5, 5.41) is 0.387. The summed E-state index contributed by atoms with van der Waals surface area (Å²) in [5.74, 6) is 0.585. The molecule has 2 N–H and O–H groups in total. The van der Waals surface area contributed by atoms with Gasteiger partial charge in [0.15, 0.2) is 9.84 Å². The molecule has 0 aliphatic heterocycles. The van der Waals surface area contributed by atoms with E-state index < -0.39 is 9.84 Å². The number of sulfone groups is 1. The van der Waals surface area contributed by atoms with Crippen molar-refractivity contribution in [1.29, 1.82) is 0 Å². The summed E-state index contributed by atoms with van der Waals surface area (Å²) in [6.07, 6.45) is 0. The summed E-state index contributed by atoms with van der Waals surface area (Å²) in [5.41, 5.74) is 6.04. The molecule has 0 fully saturated rings. The number of hydrogen-bond donors (Lipinski definition) is 1. The molecule has 0 heterocycles. The fraction of sp³-hybridized carbons (Fsp3) is 0.364. The highest BCUT2D eigenvalue weighted by Gasteiger charge is 2.09. The number of rotatable bonds is 6. The predicted molar refractivity (Wildman–Crippen MR) is 77.2 cm³/mol. The second kappa shape index (κ2) is 6.36. The zero-order valence-electron chi connectivity index (χ0n) is 9.85. The van der Waals surface area contributed by atoms with Gasteiger partial charge in [-0.15, -0.1) is 0 Å². The van der Waals surface area contributed by atoms with Crippen LogP contribution in [0.2, 0.25) is 5.02 Å². The van der Waals surface area contributed by atoms with Gasteiger partial charge in [0.05, 0.1) is 10.8 Å². The average Bonchev–Trinajstić information content (AvgIpc) is 2.28. The maximum Gasteiger partial charge on any atom is 0.153 e. The second-order valence-electron chi connectivity index (χ2n) is 3.59. The third-order valence-corrected chi connectivity index (χ3v) is 4.51. The maximum absolute atomic E-state index is 11.3. The van der Waals surface area contributed by atoms with Crippen LogP contribution in [0.25, 0.3) is 0 Å². The van der Waals surface area contributed by atoms with Crippen LogP contribution in [0.1, 0.15) is 12.5 Å². The molecule has 1 aromatic rings. The van der Waals surface area contributed by atoms with Crippen LogP contribution in [-0.4, -0.2) is 31.5 Å². The van der Waals surface area contributed by atoms with Crippen molar-refractivity contribution in [3.8, 4) is 5.75 Å². The van der Waals surface area contributed by atoms with E-state index >= 15 is 0 Å². The highest BCUT2D eigenvalue weighted by molar-refractivity contribution is 7.91. The van der Waals surface area contributed by atoms with E-state index in [1.54, 1.807) is 25.1 Å². The molecule has 0 aromatic heterocycles. The molecule has 0 aliphatic rings. The molecule has 7 heteroatoms. The molecule has 0 amide bonds. The Morgan fingerprint density at radius 3 is 2.67 bits per heavy atom. The van der Waals surface area contributed by atoms with Gasteiger partial charge in [-0.1, -0.05) is 30.7 Å². The molecule has 0 spiro atoms. The van der Waals surface area contributed by atoms with Gasteiger partial charge in [-0.25, -0.2) is 8.42 Å². The summed E-state index contributed by atoms with van der Waals surface area (Å²) in [7, 11) is -3.02. The smallest absolute Gasteiger partial charge is 0.153 e. The van der Waals surface area contributed by atoms with Crippen LogP contribution < -0.4 is 10.5 Å². The molecule has 0 radical (unpaired) electrons. The van der Waals surface area contributed by atoms with E-state index in [0.29, 0.717) is 16.3 Å². The summed E-state index contributed by atoms with van der Waals surface area (Å²) in [6.45, 7) is 1.70. The molecule has 18 heavy (non-hydrogen) atoms. The van der Waals surface area contributed by atoms with Crippen molar-refractivity contribution < 1.29 is 13.2 Å². The zero-order chi connectivity index (χ0) is 13.8. The van der Waals surface area contributed by atoms with Gasteiger partial charge >= 0.3 is 0 Å². The van der Waals surface area contributed by atoms with Gasteiger partial charge < -0.3 is 10.5 Å². The van der Waals surface area contributed by atoms with Gasteiger partial charge in [-0.3, -0.25) is 0 Å². The van der Waals surface area contributed by atoms with Crippen LogP contribution >= 0.6 is 23.8 Å². The number of nitrogens with two attached hydrogens (primary N) is 1. The minimum atomic E-state index is -3.02. The Kier molecular flexibility index (Phi) is 5.37. The number of hydrogen-bond acceptors (Lipinski definition) is 4. The van der Waals surface area contributed by atoms with Crippen LogP contribution in [0, 0.1) is 0 Å². The van der Waals surface area contributed by atoms with Gasteiger partial charge in [0, 0.05) is 11.3 Å². The van der Waals surface area contributed by atoms with E-state index in [9.17, 15) is 8.42 Å². The molecule has 0 saturated heterocycles. The lowest BCUT2D eigenvalue weighted by atomic mass is 10.2. The van der Waals surface area contributed by atoms with Crippen molar-refractivity contribution in [3.05, 3.63) is 28.8 Å². The van der Waals surface area contributed by atoms with E-state index in [-0.39, 0.29) is 23.1 Å². The standard InChI is InChI=1S/C11H14ClNO3S2/c1-2-18(14,15)6-5-16-8-3-4-9(11(13)17)10(12)7-8/h3-4,7H,2,5-6H2,1H3,(H2,13,17). The Hall–Kier alpha value is -0.850. The van der Waals surface area contributed by atoms with Crippen LogP contribution in [-0.2, 0) is 9.84 Å². The van der Waals surface area contributed by atoms with Gasteiger partial charge in [0.2, 0.25) is 0 Å². The first-order valence-corrected chi connectivity index (χ1v) is 7.89. The predicted octanol–water partition coefficient (Wildman–Crippen LogP) is 1.79. The summed E-state index contributed by atoms with van der Waals surface area (Å²) >= 11 is 10.8. The van der Waals surface area contributed by atoms with Crippen molar-refractivity contribution in [2.45, 2.75) is 6.92 Å². The number of thiocarbonyl (C=S) groups is 1. The van der Waals surface area contributed by atoms with Crippen molar-refractivity contribution >= 4 is 38.6 Å². The molecular weight excluding hydrogens is 294 g/mol. The largest absolute Gasteiger partial charge is 0.492 e. The minimum absolute atomic E-state index is 0.0157. The second-order valence-corrected chi connectivity index (χ2v) is 6.91. The van der Waals surface area contributed by atoms with Crippen LogP contribution in [0.3, 0.4) is 0 Å². The number of benzene rings is 1. The molecule has 0 bridgehead atoms. The molecule has 0 saturated carbocycles. The lowest BCUT2D eigenvalue weighted by molar-refractivity contribution is 0.341. The van der Waals surface area contributed by atoms with Crippen LogP contribution in [0.5, 0.6) is 5.75 Å². The normalized spacial score (nSPS) is 11.2. The summed E-state index contributed by atoms with van der Waals surface area (Å²) in [4.78, 5) is 0.208. The average molecular weight is 308 g/mol. The van der Waals surface area contributed by atoms with Crippen molar-refractivity contribution in [2.75, 3.05) is 18.1 Å². The zero-order valence-corrected chi connectivity index (χ0v) is 12.2. The Morgan fingerprint density at radius 2 is 2.17 bits per heavy atom. The molecule has 0 aliphatic carbocycles. The molecule has 0 unspecified atom stereocenters. The van der Waals surface area contributed by atoms with E-state index in [1.165, 1.54) is 0 Å². The summed E-state index contributed by atoms with van der Waals surface area (Å²) in [6, 6.07) is 4.86. The summed E-state index contributed by atoms with van der Waals surface area (Å²) < 4.78 is 27.8. The minimum Gasteiger partial charge on any atom is -0.492 e. The Morgan fingerprint density at radius 1 is 1.50 bits per heavy atom. The fourth-order valence-corrected chi connectivity index (χ4v) is 2.35. The van der Waals surface area contributed by atoms with Gasteiger partial charge in [-0.05, 0) is 18.2 Å². The molecule has 4 nitrogen and oxygen atoms in total.